The molecule has 1 heterocycles. The Bertz CT molecular complexity index is 827. The number of methoxy groups -OCH3 is 1. The molecule has 1 aromatic rings. The summed E-state index contributed by atoms with van der Waals surface area (Å²) < 4.78 is 5.32. The zero-order chi connectivity index (χ0) is 23.5. The normalized spacial score (nSPS) is 31.1. The van der Waals surface area contributed by atoms with Crippen LogP contribution in [0.5, 0.6) is 5.75 Å². The summed E-state index contributed by atoms with van der Waals surface area (Å²) in [5, 5.41) is 6.29. The smallest absolute Gasteiger partial charge is 0.226 e. The van der Waals surface area contributed by atoms with E-state index in [1.807, 2.05) is 12.1 Å². The molecule has 4 aliphatic carbocycles. The molecule has 6 nitrogen and oxygen atoms in total. The average Bonchev–Trinajstić information content (AvgIpc) is 2.84. The molecule has 1 aliphatic heterocycles. The lowest BCUT2D eigenvalue weighted by molar-refractivity contribution is -0.146. The fourth-order valence-electron chi connectivity index (χ4n) is 7.68. The van der Waals surface area contributed by atoms with Crippen LogP contribution in [0.2, 0.25) is 0 Å². The van der Waals surface area contributed by atoms with Crippen molar-refractivity contribution in [2.24, 2.45) is 23.2 Å². The lowest BCUT2D eigenvalue weighted by Gasteiger charge is -2.55. The first-order valence-electron chi connectivity index (χ1n) is 13.5. The third-order valence-corrected chi connectivity index (χ3v) is 8.98. The Morgan fingerprint density at radius 2 is 1.59 bits per heavy atom. The molecule has 4 bridgehead atoms. The summed E-state index contributed by atoms with van der Waals surface area (Å²) >= 11 is 0. The summed E-state index contributed by atoms with van der Waals surface area (Å²) in [5.41, 5.74) is 1.07. The molecule has 1 unspecified atom stereocenters. The van der Waals surface area contributed by atoms with Crippen molar-refractivity contribution < 1.29 is 14.3 Å². The summed E-state index contributed by atoms with van der Waals surface area (Å²) in [6.07, 6.45) is 11.2. The minimum atomic E-state index is -0.140. The van der Waals surface area contributed by atoms with Crippen molar-refractivity contribution in [3.63, 3.8) is 0 Å². The van der Waals surface area contributed by atoms with Gasteiger partial charge in [0.05, 0.1) is 13.2 Å². The molecule has 6 heteroatoms. The quantitative estimate of drug-likeness (QED) is 0.575. The van der Waals surface area contributed by atoms with Crippen molar-refractivity contribution in [2.75, 3.05) is 33.3 Å². The van der Waals surface area contributed by atoms with Gasteiger partial charge in [-0.05, 0) is 99.9 Å². The van der Waals surface area contributed by atoms with Gasteiger partial charge in [0.15, 0.2) is 0 Å². The Labute approximate surface area is 204 Å². The monoisotopic (exact) mass is 467 g/mol. The van der Waals surface area contributed by atoms with Crippen LogP contribution in [-0.4, -0.2) is 50.0 Å². The van der Waals surface area contributed by atoms with Crippen LogP contribution in [-0.2, 0) is 9.59 Å². The largest absolute Gasteiger partial charge is 0.497 e. The molecule has 1 atom stereocenters. The van der Waals surface area contributed by atoms with Gasteiger partial charge in [0, 0.05) is 24.9 Å². The van der Waals surface area contributed by atoms with Crippen LogP contribution in [0.25, 0.3) is 0 Å². The Morgan fingerprint density at radius 1 is 0.971 bits per heavy atom. The van der Waals surface area contributed by atoms with Crippen molar-refractivity contribution in [3.8, 4) is 5.75 Å². The van der Waals surface area contributed by atoms with E-state index in [-0.39, 0.29) is 23.3 Å². The highest BCUT2D eigenvalue weighted by Crippen LogP contribution is 2.60. The fraction of sp³-hybridized carbons (Fsp3) is 0.714. The van der Waals surface area contributed by atoms with Gasteiger partial charge in [-0.2, -0.15) is 0 Å². The summed E-state index contributed by atoms with van der Waals surface area (Å²) in [5.74, 6) is 3.34. The molecule has 6 rings (SSSR count). The predicted molar refractivity (Wildman–Crippen MR) is 132 cm³/mol. The Balaban J connectivity index is 1.11. The van der Waals surface area contributed by atoms with E-state index in [0.717, 1.165) is 55.9 Å². The predicted octanol–water partition coefficient (Wildman–Crippen LogP) is 4.06. The number of rotatable bonds is 9. The Hall–Kier alpha value is -2.08. The highest BCUT2D eigenvalue weighted by atomic mass is 16.5. The fourth-order valence-corrected chi connectivity index (χ4v) is 7.68. The van der Waals surface area contributed by atoms with Crippen LogP contribution >= 0.6 is 0 Å². The number of benzene rings is 1. The molecule has 1 saturated heterocycles. The standard InChI is InChI=1S/C28H41N3O3/c1-34-24-7-5-23(6-8-24)25(31-11-3-2-4-12-31)19-30-26(32)9-10-29-27(33)28-16-20-13-21(17-28)15-22(14-20)18-28/h5-8,20-22,25H,2-4,9-19H2,1H3,(H,29,33)(H,30,32). The number of hydrogen-bond donors (Lipinski definition) is 2. The van der Waals surface area contributed by atoms with E-state index in [0.29, 0.717) is 19.5 Å². The summed E-state index contributed by atoms with van der Waals surface area (Å²) in [4.78, 5) is 28.3. The summed E-state index contributed by atoms with van der Waals surface area (Å²) in [7, 11) is 1.68. The first-order chi connectivity index (χ1) is 16.5. The molecular formula is C28H41N3O3. The maximum atomic E-state index is 13.1. The number of carbonyl (C=O) groups excluding carboxylic acids is 2. The van der Waals surface area contributed by atoms with Crippen LogP contribution in [0, 0.1) is 23.2 Å². The van der Waals surface area contributed by atoms with Crippen molar-refractivity contribution in [1.29, 1.82) is 0 Å². The van der Waals surface area contributed by atoms with Crippen molar-refractivity contribution in [2.45, 2.75) is 70.3 Å². The molecule has 1 aromatic carbocycles. The third-order valence-electron chi connectivity index (χ3n) is 8.98. The van der Waals surface area contributed by atoms with Gasteiger partial charge >= 0.3 is 0 Å². The van der Waals surface area contributed by atoms with Crippen molar-refractivity contribution in [1.82, 2.24) is 15.5 Å². The number of amides is 2. The van der Waals surface area contributed by atoms with Gasteiger partial charge in [-0.15, -0.1) is 0 Å². The van der Waals surface area contributed by atoms with Crippen LogP contribution in [0.3, 0.4) is 0 Å². The molecule has 5 aliphatic rings. The number of carbonyl (C=O) groups is 2. The second kappa shape index (κ2) is 10.3. The second-order valence-corrected chi connectivity index (χ2v) is 11.4. The zero-order valence-electron chi connectivity index (χ0n) is 20.7. The minimum Gasteiger partial charge on any atom is -0.497 e. The number of ether oxygens (including phenoxy) is 1. The molecule has 4 saturated carbocycles. The Morgan fingerprint density at radius 3 is 2.18 bits per heavy atom. The molecule has 5 fully saturated rings. The van der Waals surface area contributed by atoms with Crippen LogP contribution in [0.4, 0.5) is 0 Å². The lowest BCUT2D eigenvalue weighted by Crippen LogP contribution is -2.53. The van der Waals surface area contributed by atoms with Gasteiger partial charge in [-0.1, -0.05) is 18.6 Å². The molecule has 2 amide bonds. The summed E-state index contributed by atoms with van der Waals surface area (Å²) in [6.45, 7) is 3.15. The Kier molecular flexibility index (Phi) is 7.14. The SMILES string of the molecule is COc1ccc(C(CNC(=O)CCNC(=O)C23CC4CC(CC(C4)C2)C3)N2CCCCC2)cc1. The molecular weight excluding hydrogens is 426 g/mol. The highest BCUT2D eigenvalue weighted by molar-refractivity contribution is 5.84. The van der Waals surface area contributed by atoms with Crippen molar-refractivity contribution in [3.05, 3.63) is 29.8 Å². The zero-order valence-corrected chi connectivity index (χ0v) is 20.7. The lowest BCUT2D eigenvalue weighted by atomic mass is 9.49. The molecule has 0 radical (unpaired) electrons. The van der Waals surface area contributed by atoms with Gasteiger partial charge in [-0.3, -0.25) is 14.5 Å². The minimum absolute atomic E-state index is 0.0151. The summed E-state index contributed by atoms with van der Waals surface area (Å²) in [6, 6.07) is 8.37. The first-order valence-corrected chi connectivity index (χ1v) is 13.5. The van der Waals surface area contributed by atoms with E-state index in [4.69, 9.17) is 4.74 Å². The van der Waals surface area contributed by atoms with Gasteiger partial charge in [0.1, 0.15) is 5.75 Å². The van der Waals surface area contributed by atoms with Crippen LogP contribution in [0.1, 0.15) is 75.8 Å². The first kappa shape index (κ1) is 23.7. The average molecular weight is 468 g/mol. The molecule has 0 spiro atoms. The van der Waals surface area contributed by atoms with Crippen molar-refractivity contribution >= 4 is 11.8 Å². The van der Waals surface area contributed by atoms with Gasteiger partial charge in [0.25, 0.3) is 0 Å². The van der Waals surface area contributed by atoms with E-state index >= 15 is 0 Å². The molecule has 2 N–H and O–H groups in total. The number of likely N-dealkylation sites (tertiary alicyclic amines) is 1. The number of nitrogens with zero attached hydrogens (tertiary/aromatic N) is 1. The molecule has 34 heavy (non-hydrogen) atoms. The third kappa shape index (κ3) is 5.12. The second-order valence-electron chi connectivity index (χ2n) is 11.4. The molecule has 0 aromatic heterocycles. The van der Waals surface area contributed by atoms with E-state index in [2.05, 4.69) is 27.7 Å². The van der Waals surface area contributed by atoms with E-state index in [9.17, 15) is 9.59 Å². The number of hydrogen-bond acceptors (Lipinski definition) is 4. The van der Waals surface area contributed by atoms with E-state index < -0.39 is 0 Å². The van der Waals surface area contributed by atoms with Gasteiger partial charge < -0.3 is 15.4 Å². The van der Waals surface area contributed by atoms with Gasteiger partial charge in [0.2, 0.25) is 11.8 Å². The van der Waals surface area contributed by atoms with Crippen LogP contribution < -0.4 is 15.4 Å². The van der Waals surface area contributed by atoms with Gasteiger partial charge in [-0.25, -0.2) is 0 Å². The van der Waals surface area contributed by atoms with Crippen LogP contribution in [0.15, 0.2) is 24.3 Å². The number of nitrogens with one attached hydrogen (secondary N) is 2. The van der Waals surface area contributed by atoms with E-state index in [1.165, 1.54) is 44.1 Å². The number of piperidine rings is 1. The maximum absolute atomic E-state index is 13.1. The topological polar surface area (TPSA) is 70.7 Å². The molecule has 186 valence electrons. The van der Waals surface area contributed by atoms with E-state index in [1.54, 1.807) is 7.11 Å². The maximum Gasteiger partial charge on any atom is 0.226 e. The highest BCUT2D eigenvalue weighted by Gasteiger charge is 2.54.